The Balaban J connectivity index is 1.48. The van der Waals surface area contributed by atoms with Gasteiger partial charge in [-0.2, -0.15) is 5.10 Å². The molecule has 0 fully saturated rings. The summed E-state index contributed by atoms with van der Waals surface area (Å²) in [7, 11) is -2.17. The molecule has 0 radical (unpaired) electrons. The molecule has 3 aromatic carbocycles. The highest BCUT2D eigenvalue weighted by Gasteiger charge is 2.17. The summed E-state index contributed by atoms with van der Waals surface area (Å²) in [6.45, 7) is 1.41. The minimum absolute atomic E-state index is 0.0100. The third-order valence-electron chi connectivity index (χ3n) is 5.14. The van der Waals surface area contributed by atoms with Crippen LogP contribution in [0.25, 0.3) is 11.3 Å². The Morgan fingerprint density at radius 1 is 0.853 bits per heavy atom. The quantitative estimate of drug-likeness (QED) is 0.387. The second-order valence-corrected chi connectivity index (χ2v) is 9.31. The number of rotatable bonds is 7. The molecule has 34 heavy (non-hydrogen) atoms. The van der Waals surface area contributed by atoms with E-state index < -0.39 is 15.9 Å². The van der Waals surface area contributed by atoms with Gasteiger partial charge in [-0.3, -0.25) is 19.0 Å². The van der Waals surface area contributed by atoms with Gasteiger partial charge in [-0.1, -0.05) is 42.5 Å². The van der Waals surface area contributed by atoms with Gasteiger partial charge in [0.1, 0.15) is 5.82 Å². The number of amides is 1. The molecule has 0 aliphatic rings. The van der Waals surface area contributed by atoms with Crippen LogP contribution in [0.4, 0.5) is 11.5 Å². The summed E-state index contributed by atoms with van der Waals surface area (Å²) in [4.78, 5) is 24.2. The SMILES string of the molecule is CC(=O)c1cccc(NS(=O)(=O)c2ccc(C(=O)Nc3cc(-c4ccccc4)nn3C)cc2)c1. The maximum Gasteiger partial charge on any atom is 0.261 e. The Kier molecular flexibility index (Phi) is 6.29. The lowest BCUT2D eigenvalue weighted by atomic mass is 10.1. The maximum atomic E-state index is 12.7. The minimum atomic E-state index is -3.90. The van der Waals surface area contributed by atoms with E-state index in [4.69, 9.17) is 0 Å². The summed E-state index contributed by atoms with van der Waals surface area (Å²) in [5.41, 5.74) is 2.62. The highest BCUT2D eigenvalue weighted by Crippen LogP contribution is 2.22. The van der Waals surface area contributed by atoms with Crippen LogP contribution in [0, 0.1) is 0 Å². The van der Waals surface area contributed by atoms with Crippen LogP contribution in [-0.4, -0.2) is 29.9 Å². The van der Waals surface area contributed by atoms with E-state index in [2.05, 4.69) is 15.1 Å². The van der Waals surface area contributed by atoms with E-state index in [0.29, 0.717) is 16.9 Å². The Hall–Kier alpha value is -4.24. The molecule has 0 atom stereocenters. The predicted molar refractivity (Wildman–Crippen MR) is 130 cm³/mol. The van der Waals surface area contributed by atoms with Crippen molar-refractivity contribution in [1.29, 1.82) is 0 Å². The van der Waals surface area contributed by atoms with Crippen molar-refractivity contribution in [2.45, 2.75) is 11.8 Å². The Bertz CT molecular complexity index is 1460. The van der Waals surface area contributed by atoms with Crippen LogP contribution in [0.5, 0.6) is 0 Å². The van der Waals surface area contributed by atoms with Crippen molar-refractivity contribution >= 4 is 33.2 Å². The summed E-state index contributed by atoms with van der Waals surface area (Å²) in [5.74, 6) is -0.0537. The van der Waals surface area contributed by atoms with Crippen molar-refractivity contribution in [1.82, 2.24) is 9.78 Å². The van der Waals surface area contributed by atoms with E-state index in [1.54, 1.807) is 36.0 Å². The van der Waals surface area contributed by atoms with E-state index in [-0.39, 0.29) is 16.4 Å². The van der Waals surface area contributed by atoms with Gasteiger partial charge in [0.2, 0.25) is 0 Å². The van der Waals surface area contributed by atoms with Gasteiger partial charge >= 0.3 is 0 Å². The fraction of sp³-hybridized carbons (Fsp3) is 0.0800. The third-order valence-corrected chi connectivity index (χ3v) is 6.54. The number of aryl methyl sites for hydroxylation is 1. The summed E-state index contributed by atoms with van der Waals surface area (Å²) in [5, 5.41) is 7.22. The average molecular weight is 475 g/mol. The fourth-order valence-electron chi connectivity index (χ4n) is 3.32. The molecule has 8 nitrogen and oxygen atoms in total. The first-order valence-electron chi connectivity index (χ1n) is 10.4. The van der Waals surface area contributed by atoms with E-state index >= 15 is 0 Å². The molecular formula is C25H22N4O4S. The molecule has 0 aliphatic heterocycles. The van der Waals surface area contributed by atoms with Gasteiger partial charge in [0.15, 0.2) is 5.78 Å². The Morgan fingerprint density at radius 3 is 2.24 bits per heavy atom. The number of carbonyl (C=O) groups excluding carboxylic acids is 2. The fourth-order valence-corrected chi connectivity index (χ4v) is 4.37. The molecule has 9 heteroatoms. The van der Waals surface area contributed by atoms with Gasteiger partial charge < -0.3 is 5.32 Å². The first-order valence-corrected chi connectivity index (χ1v) is 11.9. The number of carbonyl (C=O) groups is 2. The molecule has 2 N–H and O–H groups in total. The number of hydrogen-bond acceptors (Lipinski definition) is 5. The highest BCUT2D eigenvalue weighted by molar-refractivity contribution is 7.92. The minimum Gasteiger partial charge on any atom is -0.307 e. The number of nitrogens with zero attached hydrogens (tertiary/aromatic N) is 2. The second kappa shape index (κ2) is 9.32. The number of sulfonamides is 1. The molecule has 0 unspecified atom stereocenters. The molecule has 172 valence electrons. The van der Waals surface area contributed by atoms with Gasteiger partial charge in [-0.05, 0) is 43.3 Å². The topological polar surface area (TPSA) is 110 Å². The number of hydrogen-bond donors (Lipinski definition) is 2. The van der Waals surface area contributed by atoms with Crippen LogP contribution in [0.2, 0.25) is 0 Å². The van der Waals surface area contributed by atoms with Gasteiger partial charge in [0, 0.05) is 35.5 Å². The van der Waals surface area contributed by atoms with Crippen molar-refractivity contribution in [3.8, 4) is 11.3 Å². The average Bonchev–Trinajstić information content (AvgIpc) is 3.19. The van der Waals surface area contributed by atoms with E-state index in [1.165, 1.54) is 37.3 Å². The van der Waals surface area contributed by atoms with Crippen molar-refractivity contribution in [3.05, 3.63) is 96.1 Å². The zero-order valence-electron chi connectivity index (χ0n) is 18.5. The third kappa shape index (κ3) is 5.05. The van der Waals surface area contributed by atoms with Crippen molar-refractivity contribution in [2.24, 2.45) is 7.05 Å². The zero-order valence-corrected chi connectivity index (χ0v) is 19.3. The largest absolute Gasteiger partial charge is 0.307 e. The molecule has 1 heterocycles. The maximum absolute atomic E-state index is 12.7. The molecule has 0 bridgehead atoms. The lowest BCUT2D eigenvalue weighted by Gasteiger charge is -2.10. The Labute approximate surface area is 197 Å². The molecule has 0 aliphatic carbocycles. The molecule has 1 amide bonds. The van der Waals surface area contributed by atoms with E-state index in [9.17, 15) is 18.0 Å². The van der Waals surface area contributed by atoms with E-state index in [1.807, 2.05) is 30.3 Å². The second-order valence-electron chi connectivity index (χ2n) is 7.63. The van der Waals surface area contributed by atoms with Gasteiger partial charge in [0.25, 0.3) is 15.9 Å². The van der Waals surface area contributed by atoms with Crippen molar-refractivity contribution < 1.29 is 18.0 Å². The molecule has 0 saturated heterocycles. The first kappa shape index (κ1) is 22.9. The van der Waals surface area contributed by atoms with Crippen LogP contribution in [0.1, 0.15) is 27.6 Å². The summed E-state index contributed by atoms with van der Waals surface area (Å²) in [6, 6.07) is 23.2. The van der Waals surface area contributed by atoms with Crippen LogP contribution in [0.15, 0.2) is 89.8 Å². The monoisotopic (exact) mass is 474 g/mol. The molecule has 4 aromatic rings. The lowest BCUT2D eigenvalue weighted by Crippen LogP contribution is -2.16. The molecular weight excluding hydrogens is 452 g/mol. The lowest BCUT2D eigenvalue weighted by molar-refractivity contribution is 0.101. The molecule has 0 saturated carbocycles. The number of benzene rings is 3. The van der Waals surface area contributed by atoms with Crippen LogP contribution >= 0.6 is 0 Å². The van der Waals surface area contributed by atoms with Gasteiger partial charge in [-0.15, -0.1) is 0 Å². The van der Waals surface area contributed by atoms with Crippen molar-refractivity contribution in [2.75, 3.05) is 10.0 Å². The van der Waals surface area contributed by atoms with Crippen LogP contribution in [-0.2, 0) is 17.1 Å². The van der Waals surface area contributed by atoms with Crippen molar-refractivity contribution in [3.63, 3.8) is 0 Å². The van der Waals surface area contributed by atoms with Gasteiger partial charge in [-0.25, -0.2) is 8.42 Å². The summed E-state index contributed by atoms with van der Waals surface area (Å²) < 4.78 is 29.5. The molecule has 1 aromatic heterocycles. The molecule has 4 rings (SSSR count). The van der Waals surface area contributed by atoms with Crippen LogP contribution < -0.4 is 10.0 Å². The zero-order chi connectivity index (χ0) is 24.3. The number of aromatic nitrogens is 2. The summed E-state index contributed by atoms with van der Waals surface area (Å²) in [6.07, 6.45) is 0. The number of anilines is 2. The van der Waals surface area contributed by atoms with Gasteiger partial charge in [0.05, 0.1) is 10.6 Å². The standard InChI is InChI=1S/C25H22N4O4S/c1-17(30)20-9-6-10-21(15-20)28-34(32,33)22-13-11-19(12-14-22)25(31)26-24-16-23(27-29(24)2)18-7-4-3-5-8-18/h3-16,28H,1-2H3,(H,26,31). The predicted octanol–water partition coefficient (Wildman–Crippen LogP) is 4.34. The Morgan fingerprint density at radius 2 is 1.56 bits per heavy atom. The smallest absolute Gasteiger partial charge is 0.261 e. The molecule has 0 spiro atoms. The number of ketones is 1. The normalized spacial score (nSPS) is 11.1. The number of Topliss-reactive ketones (excluding diaryl/α,β-unsaturated/α-hetero) is 1. The first-order chi connectivity index (χ1) is 16.2. The summed E-state index contributed by atoms with van der Waals surface area (Å²) >= 11 is 0. The highest BCUT2D eigenvalue weighted by atomic mass is 32.2. The number of nitrogens with one attached hydrogen (secondary N) is 2. The van der Waals surface area contributed by atoms with Crippen LogP contribution in [0.3, 0.4) is 0 Å². The van der Waals surface area contributed by atoms with E-state index in [0.717, 1.165) is 11.3 Å².